The standard InChI is InChI=1S/C14H12Cl2N4O2/c1-6(21)20-4-8-10(5-20)18-14(17)19-13(8)12-9(16)2-7(15)3-11(12)22/h2-3,22H,4-5H2,1H3,(H2,17,18,19). The smallest absolute Gasteiger partial charge is 0.220 e. The summed E-state index contributed by atoms with van der Waals surface area (Å²) >= 11 is 12.1. The minimum absolute atomic E-state index is 0.0598. The van der Waals surface area contributed by atoms with Crippen molar-refractivity contribution >= 4 is 35.1 Å². The Labute approximate surface area is 136 Å². The Kier molecular flexibility index (Phi) is 3.58. The normalized spacial score (nSPS) is 13.3. The monoisotopic (exact) mass is 338 g/mol. The second kappa shape index (κ2) is 5.30. The van der Waals surface area contributed by atoms with Crippen LogP contribution in [0.2, 0.25) is 10.0 Å². The number of nitrogens with zero attached hydrogens (tertiary/aromatic N) is 3. The summed E-state index contributed by atoms with van der Waals surface area (Å²) in [5.41, 5.74) is 7.88. The second-order valence-electron chi connectivity index (χ2n) is 5.01. The molecule has 3 N–H and O–H groups in total. The lowest BCUT2D eigenvalue weighted by molar-refractivity contribution is -0.129. The number of fused-ring (bicyclic) bond motifs is 1. The molecule has 1 amide bonds. The Balaban J connectivity index is 2.21. The van der Waals surface area contributed by atoms with E-state index in [1.165, 1.54) is 19.1 Å². The molecular formula is C14H12Cl2N4O2. The number of benzene rings is 1. The first-order valence-corrected chi connectivity index (χ1v) is 7.21. The number of aromatic hydroxyl groups is 1. The molecule has 0 spiro atoms. The summed E-state index contributed by atoms with van der Waals surface area (Å²) in [6, 6.07) is 2.89. The van der Waals surface area contributed by atoms with Crippen molar-refractivity contribution in [3.05, 3.63) is 33.4 Å². The Hall–Kier alpha value is -2.05. The average molecular weight is 339 g/mol. The molecule has 0 bridgehead atoms. The van der Waals surface area contributed by atoms with Gasteiger partial charge in [0.2, 0.25) is 11.9 Å². The van der Waals surface area contributed by atoms with Crippen LogP contribution in [0.5, 0.6) is 5.75 Å². The van der Waals surface area contributed by atoms with Crippen molar-refractivity contribution < 1.29 is 9.90 Å². The molecule has 0 unspecified atom stereocenters. The molecule has 0 aliphatic carbocycles. The third-order valence-electron chi connectivity index (χ3n) is 3.52. The van der Waals surface area contributed by atoms with E-state index in [-0.39, 0.29) is 22.6 Å². The van der Waals surface area contributed by atoms with E-state index in [9.17, 15) is 9.90 Å². The van der Waals surface area contributed by atoms with Crippen molar-refractivity contribution in [1.82, 2.24) is 14.9 Å². The first-order chi connectivity index (χ1) is 10.4. The lowest BCUT2D eigenvalue weighted by atomic mass is 10.0. The minimum atomic E-state index is -0.0981. The van der Waals surface area contributed by atoms with Crippen LogP contribution in [0.15, 0.2) is 12.1 Å². The van der Waals surface area contributed by atoms with E-state index in [1.54, 1.807) is 4.90 Å². The molecule has 2 aromatic rings. The number of phenolic OH excluding ortho intramolecular Hbond substituents is 1. The fraction of sp³-hybridized carbons (Fsp3) is 0.214. The van der Waals surface area contributed by atoms with Crippen LogP contribution < -0.4 is 5.73 Å². The van der Waals surface area contributed by atoms with Crippen LogP contribution in [-0.4, -0.2) is 25.9 Å². The van der Waals surface area contributed by atoms with Gasteiger partial charge in [-0.2, -0.15) is 0 Å². The molecule has 1 aromatic heterocycles. The van der Waals surface area contributed by atoms with Gasteiger partial charge < -0.3 is 15.7 Å². The lowest BCUT2D eigenvalue weighted by Crippen LogP contribution is -2.21. The Bertz CT molecular complexity index is 772. The molecule has 0 saturated carbocycles. The van der Waals surface area contributed by atoms with E-state index in [4.69, 9.17) is 28.9 Å². The van der Waals surface area contributed by atoms with Gasteiger partial charge in [-0.3, -0.25) is 4.79 Å². The first-order valence-electron chi connectivity index (χ1n) is 6.46. The molecule has 1 aliphatic heterocycles. The highest BCUT2D eigenvalue weighted by Gasteiger charge is 2.28. The Morgan fingerprint density at radius 2 is 2.05 bits per heavy atom. The predicted octanol–water partition coefficient (Wildman–Crippen LogP) is 2.60. The average Bonchev–Trinajstić information content (AvgIpc) is 2.81. The van der Waals surface area contributed by atoms with Gasteiger partial charge in [0, 0.05) is 17.5 Å². The van der Waals surface area contributed by atoms with Gasteiger partial charge in [-0.25, -0.2) is 9.97 Å². The van der Waals surface area contributed by atoms with Gasteiger partial charge >= 0.3 is 0 Å². The number of phenols is 1. The summed E-state index contributed by atoms with van der Waals surface area (Å²) in [6.45, 7) is 2.18. The van der Waals surface area contributed by atoms with E-state index in [0.29, 0.717) is 35.1 Å². The number of carbonyl (C=O) groups is 1. The highest BCUT2D eigenvalue weighted by Crippen LogP contribution is 2.41. The lowest BCUT2D eigenvalue weighted by Gasteiger charge is -2.13. The number of hydrogen-bond donors (Lipinski definition) is 2. The van der Waals surface area contributed by atoms with Gasteiger partial charge in [-0.05, 0) is 12.1 Å². The van der Waals surface area contributed by atoms with Crippen LogP contribution >= 0.6 is 23.2 Å². The zero-order chi connectivity index (χ0) is 16.0. The number of aromatic nitrogens is 2. The van der Waals surface area contributed by atoms with Crippen molar-refractivity contribution in [2.75, 3.05) is 5.73 Å². The molecule has 6 nitrogen and oxygen atoms in total. The number of nitrogens with two attached hydrogens (primary N) is 1. The number of carbonyl (C=O) groups excluding carboxylic acids is 1. The quantitative estimate of drug-likeness (QED) is 0.833. The Morgan fingerprint density at radius 3 is 2.68 bits per heavy atom. The zero-order valence-corrected chi connectivity index (χ0v) is 13.1. The largest absolute Gasteiger partial charge is 0.507 e. The summed E-state index contributed by atoms with van der Waals surface area (Å²) in [4.78, 5) is 21.6. The molecule has 2 heterocycles. The summed E-state index contributed by atoms with van der Waals surface area (Å²) in [7, 11) is 0. The van der Waals surface area contributed by atoms with Crippen LogP contribution in [0.25, 0.3) is 11.3 Å². The number of anilines is 1. The van der Waals surface area contributed by atoms with Crippen molar-refractivity contribution in [3.8, 4) is 17.0 Å². The summed E-state index contributed by atoms with van der Waals surface area (Å²) in [5.74, 6) is -0.113. The minimum Gasteiger partial charge on any atom is -0.507 e. The van der Waals surface area contributed by atoms with E-state index in [1.807, 2.05) is 0 Å². The summed E-state index contributed by atoms with van der Waals surface area (Å²) in [5, 5.41) is 10.7. The molecule has 1 aliphatic rings. The van der Waals surface area contributed by atoms with Gasteiger partial charge in [0.25, 0.3) is 0 Å². The van der Waals surface area contributed by atoms with Crippen LogP contribution in [0.3, 0.4) is 0 Å². The maximum atomic E-state index is 11.6. The SMILES string of the molecule is CC(=O)N1Cc2nc(N)nc(-c3c(O)cc(Cl)cc3Cl)c2C1. The second-order valence-corrected chi connectivity index (χ2v) is 5.86. The third kappa shape index (κ3) is 2.44. The molecule has 114 valence electrons. The van der Waals surface area contributed by atoms with E-state index >= 15 is 0 Å². The topological polar surface area (TPSA) is 92.3 Å². The van der Waals surface area contributed by atoms with E-state index < -0.39 is 0 Å². The Morgan fingerprint density at radius 1 is 1.32 bits per heavy atom. The molecule has 0 atom stereocenters. The zero-order valence-electron chi connectivity index (χ0n) is 11.6. The van der Waals surface area contributed by atoms with Gasteiger partial charge in [-0.1, -0.05) is 23.2 Å². The highest BCUT2D eigenvalue weighted by atomic mass is 35.5. The molecule has 22 heavy (non-hydrogen) atoms. The number of rotatable bonds is 1. The van der Waals surface area contributed by atoms with Crippen molar-refractivity contribution in [1.29, 1.82) is 0 Å². The summed E-state index contributed by atoms with van der Waals surface area (Å²) < 4.78 is 0. The molecule has 3 rings (SSSR count). The van der Waals surface area contributed by atoms with Crippen molar-refractivity contribution in [3.63, 3.8) is 0 Å². The molecule has 1 aromatic carbocycles. The van der Waals surface area contributed by atoms with E-state index in [0.717, 1.165) is 5.56 Å². The maximum Gasteiger partial charge on any atom is 0.220 e. The fourth-order valence-electron chi connectivity index (χ4n) is 2.50. The number of nitrogen functional groups attached to an aromatic ring is 1. The molecule has 0 saturated heterocycles. The van der Waals surface area contributed by atoms with Crippen LogP contribution in [-0.2, 0) is 17.9 Å². The highest BCUT2D eigenvalue weighted by molar-refractivity contribution is 6.36. The molecule has 0 radical (unpaired) electrons. The predicted molar refractivity (Wildman–Crippen MR) is 83.5 cm³/mol. The first kappa shape index (κ1) is 14.9. The molecule has 0 fully saturated rings. The fourth-order valence-corrected chi connectivity index (χ4v) is 3.07. The van der Waals surface area contributed by atoms with Gasteiger partial charge in [0.05, 0.1) is 35.1 Å². The summed E-state index contributed by atoms with van der Waals surface area (Å²) in [6.07, 6.45) is 0. The van der Waals surface area contributed by atoms with Crippen molar-refractivity contribution in [2.45, 2.75) is 20.0 Å². The van der Waals surface area contributed by atoms with Crippen molar-refractivity contribution in [2.24, 2.45) is 0 Å². The van der Waals surface area contributed by atoms with Crippen LogP contribution in [0.1, 0.15) is 18.2 Å². The maximum absolute atomic E-state index is 11.6. The van der Waals surface area contributed by atoms with E-state index in [2.05, 4.69) is 9.97 Å². The van der Waals surface area contributed by atoms with Crippen LogP contribution in [0, 0.1) is 0 Å². The van der Waals surface area contributed by atoms with Gasteiger partial charge in [0.15, 0.2) is 0 Å². The molecule has 8 heteroatoms. The number of halogens is 2. The van der Waals surface area contributed by atoms with Gasteiger partial charge in [-0.15, -0.1) is 0 Å². The van der Waals surface area contributed by atoms with Crippen LogP contribution in [0.4, 0.5) is 5.95 Å². The van der Waals surface area contributed by atoms with Gasteiger partial charge in [0.1, 0.15) is 5.75 Å². The molecular weight excluding hydrogens is 327 g/mol. The number of amides is 1. The third-order valence-corrected chi connectivity index (χ3v) is 4.03. The number of hydrogen-bond acceptors (Lipinski definition) is 5.